The predicted octanol–water partition coefficient (Wildman–Crippen LogP) is 7.30. The van der Waals surface area contributed by atoms with E-state index in [0.29, 0.717) is 54.8 Å². The van der Waals surface area contributed by atoms with Gasteiger partial charge in [0.1, 0.15) is 0 Å². The average Bonchev–Trinajstić information content (AvgIpc) is 3.46. The molecule has 3 aromatic rings. The molecule has 1 fully saturated rings. The maximum atomic E-state index is 15.3. The standard InChI is InChI=1S/C32H34F9N7O2/c1-3-20-16-25(48(29-43-45-46(2)44-29)27(32(39,40)41)21-6-4-5-7-23(21)31(36,37)38)22-15-19(30(33,34)35)12-13-24(22)47(20)28(50)18-10-8-17(9-11-18)14-26(42)49/h4-7,12-13,15,17-18,20,25,27H,3,8-11,14,16H2,1-2H3,(H2,42,49). The maximum absolute atomic E-state index is 15.3. The predicted molar refractivity (Wildman–Crippen MR) is 161 cm³/mol. The highest BCUT2D eigenvalue weighted by molar-refractivity contribution is 5.97. The number of aryl methyl sites for hydroxylation is 1. The van der Waals surface area contributed by atoms with Crippen LogP contribution in [0.25, 0.3) is 0 Å². The van der Waals surface area contributed by atoms with E-state index in [4.69, 9.17) is 5.73 Å². The summed E-state index contributed by atoms with van der Waals surface area (Å²) >= 11 is 0. The third kappa shape index (κ3) is 7.52. The number of carbonyl (C=O) groups excluding carboxylic acids is 2. The first-order valence-electron chi connectivity index (χ1n) is 15.9. The van der Waals surface area contributed by atoms with Crippen LogP contribution < -0.4 is 15.5 Å². The SMILES string of the molecule is CCC1CC(N(c2nnn(C)n2)C(c2ccccc2C(F)(F)F)C(F)(F)F)c2cc(C(F)(F)F)ccc2N1C(=O)C1CCC(CC(N)=O)CC1. The number of hydrogen-bond donors (Lipinski definition) is 1. The van der Waals surface area contributed by atoms with Gasteiger partial charge in [-0.2, -0.15) is 44.3 Å². The highest BCUT2D eigenvalue weighted by atomic mass is 19.4. The van der Waals surface area contributed by atoms with Crippen molar-refractivity contribution >= 4 is 23.5 Å². The van der Waals surface area contributed by atoms with E-state index in [2.05, 4.69) is 15.4 Å². The molecule has 50 heavy (non-hydrogen) atoms. The van der Waals surface area contributed by atoms with E-state index in [9.17, 15) is 35.9 Å². The summed E-state index contributed by atoms with van der Waals surface area (Å²) in [4.78, 5) is 28.1. The monoisotopic (exact) mass is 719 g/mol. The summed E-state index contributed by atoms with van der Waals surface area (Å²) in [6.45, 7) is 1.64. The molecule has 2 N–H and O–H groups in total. The number of alkyl halides is 9. The zero-order valence-corrected chi connectivity index (χ0v) is 26.9. The molecule has 1 saturated carbocycles. The number of primary amides is 1. The molecule has 2 amide bonds. The molecule has 5 rings (SSSR count). The third-order valence-electron chi connectivity index (χ3n) is 9.44. The molecule has 0 spiro atoms. The van der Waals surface area contributed by atoms with E-state index in [1.54, 1.807) is 6.92 Å². The number of anilines is 2. The van der Waals surface area contributed by atoms with Crippen molar-refractivity contribution < 1.29 is 49.1 Å². The molecule has 272 valence electrons. The Morgan fingerprint density at radius 2 is 1.62 bits per heavy atom. The normalized spacial score (nSPS) is 22.2. The van der Waals surface area contributed by atoms with Crippen molar-refractivity contribution in [2.24, 2.45) is 24.6 Å². The molecule has 1 aromatic heterocycles. The lowest BCUT2D eigenvalue weighted by atomic mass is 9.78. The van der Waals surface area contributed by atoms with Crippen LogP contribution in [-0.2, 0) is 29.0 Å². The Balaban J connectivity index is 1.70. The number of nitrogens with zero attached hydrogens (tertiary/aromatic N) is 6. The molecular weight excluding hydrogens is 685 g/mol. The van der Waals surface area contributed by atoms with Crippen LogP contribution in [0.3, 0.4) is 0 Å². The minimum absolute atomic E-state index is 0.0437. The first kappa shape index (κ1) is 36.9. The van der Waals surface area contributed by atoms with E-state index >= 15 is 13.2 Å². The minimum atomic E-state index is -5.44. The van der Waals surface area contributed by atoms with Crippen molar-refractivity contribution in [2.45, 2.75) is 88.5 Å². The van der Waals surface area contributed by atoms with Gasteiger partial charge in [0.2, 0.25) is 11.8 Å². The molecule has 3 atom stereocenters. The van der Waals surface area contributed by atoms with Crippen molar-refractivity contribution in [3.8, 4) is 0 Å². The Hall–Kier alpha value is -4.38. The number of benzene rings is 2. The number of hydrogen-bond acceptors (Lipinski definition) is 6. The second-order valence-electron chi connectivity index (χ2n) is 12.7. The van der Waals surface area contributed by atoms with Crippen LogP contribution >= 0.6 is 0 Å². The Labute approximate surface area is 280 Å². The van der Waals surface area contributed by atoms with Gasteiger partial charge in [0, 0.05) is 24.1 Å². The number of tetrazole rings is 1. The summed E-state index contributed by atoms with van der Waals surface area (Å²) < 4.78 is 131. The summed E-state index contributed by atoms with van der Waals surface area (Å²) in [5.41, 5.74) is 0.794. The van der Waals surface area contributed by atoms with Crippen LogP contribution in [0.2, 0.25) is 0 Å². The highest BCUT2D eigenvalue weighted by Crippen LogP contribution is 2.52. The molecule has 0 saturated heterocycles. The highest BCUT2D eigenvalue weighted by Gasteiger charge is 2.54. The topological polar surface area (TPSA) is 110 Å². The summed E-state index contributed by atoms with van der Waals surface area (Å²) in [7, 11) is 1.21. The number of rotatable bonds is 8. The molecule has 18 heteroatoms. The van der Waals surface area contributed by atoms with Crippen LogP contribution in [0.1, 0.15) is 86.2 Å². The Bertz CT molecular complexity index is 1700. The fourth-order valence-electron chi connectivity index (χ4n) is 7.20. The van der Waals surface area contributed by atoms with Crippen LogP contribution in [0, 0.1) is 11.8 Å². The molecule has 2 aromatic carbocycles. The van der Waals surface area contributed by atoms with E-state index in [-0.39, 0.29) is 30.0 Å². The molecule has 9 nitrogen and oxygen atoms in total. The number of halogens is 9. The van der Waals surface area contributed by atoms with E-state index in [1.807, 2.05) is 0 Å². The molecule has 2 heterocycles. The maximum Gasteiger partial charge on any atom is 0.416 e. The number of aromatic nitrogens is 4. The average molecular weight is 720 g/mol. The summed E-state index contributed by atoms with van der Waals surface area (Å²) in [5, 5.41) is 11.2. The molecule has 1 aliphatic heterocycles. The summed E-state index contributed by atoms with van der Waals surface area (Å²) in [5.74, 6) is -2.35. The van der Waals surface area contributed by atoms with Gasteiger partial charge in [0.05, 0.1) is 24.2 Å². The Morgan fingerprint density at radius 1 is 0.960 bits per heavy atom. The van der Waals surface area contributed by atoms with Crippen LogP contribution in [0.15, 0.2) is 42.5 Å². The molecule has 2 aliphatic rings. The van der Waals surface area contributed by atoms with Gasteiger partial charge >= 0.3 is 18.5 Å². The molecule has 3 unspecified atom stereocenters. The van der Waals surface area contributed by atoms with Crippen molar-refractivity contribution in [1.29, 1.82) is 0 Å². The van der Waals surface area contributed by atoms with Gasteiger partial charge in [-0.15, -0.1) is 5.10 Å². The first-order chi connectivity index (χ1) is 23.3. The number of carbonyl (C=O) groups is 2. The number of amides is 2. The largest absolute Gasteiger partial charge is 0.416 e. The lowest BCUT2D eigenvalue weighted by Crippen LogP contribution is -2.52. The smallest absolute Gasteiger partial charge is 0.370 e. The summed E-state index contributed by atoms with van der Waals surface area (Å²) in [6, 6.07) is -0.275. The first-order valence-corrected chi connectivity index (χ1v) is 15.9. The van der Waals surface area contributed by atoms with Crippen molar-refractivity contribution in [2.75, 3.05) is 9.80 Å². The van der Waals surface area contributed by atoms with Crippen molar-refractivity contribution in [1.82, 2.24) is 20.2 Å². The quantitative estimate of drug-likeness (QED) is 0.245. The van der Waals surface area contributed by atoms with E-state index in [1.165, 1.54) is 11.9 Å². The minimum Gasteiger partial charge on any atom is -0.370 e. The molecule has 1 aliphatic carbocycles. The van der Waals surface area contributed by atoms with Crippen molar-refractivity contribution in [3.05, 3.63) is 64.7 Å². The van der Waals surface area contributed by atoms with Gasteiger partial charge < -0.3 is 15.5 Å². The van der Waals surface area contributed by atoms with E-state index in [0.717, 1.165) is 23.0 Å². The second-order valence-corrected chi connectivity index (χ2v) is 12.7. The van der Waals surface area contributed by atoms with Gasteiger partial charge in [0.25, 0.3) is 5.95 Å². The molecular formula is C32H34F9N7O2. The Morgan fingerprint density at radius 3 is 2.16 bits per heavy atom. The summed E-state index contributed by atoms with van der Waals surface area (Å²) in [6.07, 6.45) is -14.1. The number of nitrogens with two attached hydrogens (primary N) is 1. The zero-order valence-electron chi connectivity index (χ0n) is 26.9. The zero-order chi connectivity index (χ0) is 36.8. The Kier molecular flexibility index (Phi) is 10.1. The van der Waals surface area contributed by atoms with Gasteiger partial charge in [-0.3, -0.25) is 9.59 Å². The van der Waals surface area contributed by atoms with Crippen LogP contribution in [-0.4, -0.2) is 44.2 Å². The van der Waals surface area contributed by atoms with Gasteiger partial charge in [-0.1, -0.05) is 30.2 Å². The molecule has 0 bridgehead atoms. The fraction of sp³-hybridized carbons (Fsp3) is 0.531. The van der Waals surface area contributed by atoms with E-state index < -0.39 is 83.4 Å². The lowest BCUT2D eigenvalue weighted by Gasteiger charge is -2.48. The van der Waals surface area contributed by atoms with Gasteiger partial charge in [-0.05, 0) is 85.0 Å². The van der Waals surface area contributed by atoms with Crippen LogP contribution in [0.5, 0.6) is 0 Å². The third-order valence-corrected chi connectivity index (χ3v) is 9.44. The fourth-order valence-corrected chi connectivity index (χ4v) is 7.20. The number of fused-ring (bicyclic) bond motifs is 1. The van der Waals surface area contributed by atoms with Crippen LogP contribution in [0.4, 0.5) is 51.1 Å². The lowest BCUT2D eigenvalue weighted by molar-refractivity contribution is -0.158. The van der Waals surface area contributed by atoms with Crippen molar-refractivity contribution in [3.63, 3.8) is 0 Å². The molecule has 0 radical (unpaired) electrons. The van der Waals surface area contributed by atoms with Gasteiger partial charge in [0.15, 0.2) is 6.04 Å². The second kappa shape index (κ2) is 13.7. The van der Waals surface area contributed by atoms with Gasteiger partial charge in [-0.25, -0.2) is 0 Å².